The lowest BCUT2D eigenvalue weighted by Crippen LogP contribution is -2.56. The predicted octanol–water partition coefficient (Wildman–Crippen LogP) is 4.51. The van der Waals surface area contributed by atoms with Gasteiger partial charge in [0.05, 0.1) is 17.9 Å². The fourth-order valence-corrected chi connectivity index (χ4v) is 7.54. The highest BCUT2D eigenvalue weighted by Gasteiger charge is 2.72. The van der Waals surface area contributed by atoms with Crippen molar-refractivity contribution in [2.24, 2.45) is 11.8 Å². The highest BCUT2D eigenvalue weighted by atomic mass is 79.9. The van der Waals surface area contributed by atoms with Gasteiger partial charge in [-0.25, -0.2) is 0 Å². The van der Waals surface area contributed by atoms with Gasteiger partial charge in [-0.05, 0) is 62.7 Å². The van der Waals surface area contributed by atoms with Crippen molar-refractivity contribution in [3.63, 3.8) is 0 Å². The summed E-state index contributed by atoms with van der Waals surface area (Å²) in [5, 5.41) is 6.24. The first kappa shape index (κ1) is 29.1. The number of hydrogen-bond acceptors (Lipinski definition) is 5. The Hall–Kier alpha value is -3.01. The maximum absolute atomic E-state index is 14.2. The molecule has 3 fully saturated rings. The Balaban J connectivity index is 1.21. The summed E-state index contributed by atoms with van der Waals surface area (Å²) in [6.07, 6.45) is 9.19. The Labute approximate surface area is 256 Å². The molecule has 4 aliphatic rings. The molecule has 0 aromatic heterocycles. The molecule has 2 N–H and O–H groups in total. The minimum absolute atomic E-state index is 0.106. The maximum Gasteiger partial charge on any atom is 0.246 e. The lowest BCUT2D eigenvalue weighted by atomic mass is 9.74. The number of amides is 3. The number of carbonyl (C=O) groups is 3. The molecular weight excluding hydrogens is 596 g/mol. The quantitative estimate of drug-likeness (QED) is 0.375. The molecule has 1 saturated carbocycles. The number of ether oxygens (including phenoxy) is 1. The van der Waals surface area contributed by atoms with E-state index >= 15 is 0 Å². The molecule has 8 nitrogen and oxygen atoms in total. The van der Waals surface area contributed by atoms with Crippen molar-refractivity contribution in [1.29, 1.82) is 0 Å². The zero-order valence-electron chi connectivity index (χ0n) is 24.0. The molecule has 5 atom stereocenters. The van der Waals surface area contributed by atoms with E-state index < -0.39 is 29.6 Å². The zero-order valence-corrected chi connectivity index (χ0v) is 25.6. The van der Waals surface area contributed by atoms with Crippen molar-refractivity contribution < 1.29 is 19.1 Å². The third-order valence-corrected chi connectivity index (χ3v) is 9.75. The number of fused-ring (bicyclic) bond motifs is 1. The molecule has 2 saturated heterocycles. The molecule has 1 aliphatic carbocycles. The fraction of sp³-hybridized carbons (Fsp3) is 0.485. The van der Waals surface area contributed by atoms with Gasteiger partial charge in [-0.3, -0.25) is 14.4 Å². The van der Waals surface area contributed by atoms with Crippen LogP contribution in [0.5, 0.6) is 0 Å². The molecule has 222 valence electrons. The number of rotatable bonds is 10. The van der Waals surface area contributed by atoms with Gasteiger partial charge in [0.25, 0.3) is 0 Å². The molecular formula is C33H39BrN4O4. The Bertz CT molecular complexity index is 1330. The Morgan fingerprint density at radius 2 is 1.79 bits per heavy atom. The SMILES string of the molecule is CN(CCCN1C(=O)[C@H]2[C@H](C(=O)Nc3ccc(Br)cc3)[C@H]3C=C[C@@]2(O3)[C@H]1C(=O)NC1CCCCC1)Cc1ccccc1. The third-order valence-electron chi connectivity index (χ3n) is 9.22. The minimum atomic E-state index is -1.14. The summed E-state index contributed by atoms with van der Waals surface area (Å²) in [4.78, 5) is 45.7. The van der Waals surface area contributed by atoms with Gasteiger partial charge in [0.2, 0.25) is 17.7 Å². The molecule has 6 rings (SSSR count). The van der Waals surface area contributed by atoms with Crippen LogP contribution in [-0.4, -0.2) is 71.4 Å². The first-order valence-electron chi connectivity index (χ1n) is 15.1. The van der Waals surface area contributed by atoms with E-state index in [1.54, 1.807) is 4.90 Å². The number of anilines is 1. The summed E-state index contributed by atoms with van der Waals surface area (Å²) in [6.45, 7) is 1.99. The normalized spacial score (nSPS) is 28.4. The second-order valence-corrected chi connectivity index (χ2v) is 13.1. The fourth-order valence-electron chi connectivity index (χ4n) is 7.28. The summed E-state index contributed by atoms with van der Waals surface area (Å²) < 4.78 is 7.40. The summed E-state index contributed by atoms with van der Waals surface area (Å²) in [7, 11) is 2.06. The van der Waals surface area contributed by atoms with Gasteiger partial charge in [-0.15, -0.1) is 0 Å². The summed E-state index contributed by atoms with van der Waals surface area (Å²) in [5.74, 6) is -2.06. The lowest BCUT2D eigenvalue weighted by Gasteiger charge is -2.34. The second kappa shape index (κ2) is 12.3. The van der Waals surface area contributed by atoms with Crippen LogP contribution >= 0.6 is 15.9 Å². The number of likely N-dealkylation sites (tertiary alicyclic amines) is 1. The van der Waals surface area contributed by atoms with Gasteiger partial charge in [0.1, 0.15) is 11.6 Å². The standard InChI is InChI=1S/C33H39BrN4O4/c1-37(21-22-9-4-2-5-10-22)19-8-20-38-29(31(40)36-24-11-6-3-7-12-24)33-18-17-26(42-33)27(28(33)32(38)41)30(39)35-25-15-13-23(34)14-16-25/h2,4-5,9-10,13-18,24,26-29H,3,6-8,11-12,19-21H2,1H3,(H,35,39)(H,36,40)/t26-,27-,28-,29-,33+/m1/s1. The van der Waals surface area contributed by atoms with Gasteiger partial charge in [-0.1, -0.05) is 77.7 Å². The average Bonchev–Trinajstić information content (AvgIpc) is 3.63. The molecule has 2 aromatic carbocycles. The third kappa shape index (κ3) is 5.66. The molecule has 0 unspecified atom stereocenters. The van der Waals surface area contributed by atoms with Crippen LogP contribution in [0.4, 0.5) is 5.69 Å². The predicted molar refractivity (Wildman–Crippen MR) is 164 cm³/mol. The first-order valence-corrected chi connectivity index (χ1v) is 15.9. The summed E-state index contributed by atoms with van der Waals surface area (Å²) in [6, 6.07) is 16.9. The van der Waals surface area contributed by atoms with E-state index in [0.717, 1.165) is 43.2 Å². The van der Waals surface area contributed by atoms with E-state index in [-0.39, 0.29) is 23.8 Å². The number of nitrogens with one attached hydrogen (secondary N) is 2. The average molecular weight is 636 g/mol. The van der Waals surface area contributed by atoms with E-state index in [9.17, 15) is 14.4 Å². The Morgan fingerprint density at radius 3 is 2.52 bits per heavy atom. The lowest BCUT2D eigenvalue weighted by molar-refractivity contribution is -0.141. The van der Waals surface area contributed by atoms with Crippen LogP contribution in [0.1, 0.15) is 44.1 Å². The largest absolute Gasteiger partial charge is 0.359 e. The van der Waals surface area contributed by atoms with Gasteiger partial charge < -0.3 is 25.2 Å². The number of hydrogen-bond donors (Lipinski definition) is 2. The van der Waals surface area contributed by atoms with Gasteiger partial charge in [-0.2, -0.15) is 0 Å². The number of benzene rings is 2. The highest BCUT2D eigenvalue weighted by molar-refractivity contribution is 9.10. The second-order valence-electron chi connectivity index (χ2n) is 12.1. The molecule has 3 amide bonds. The van der Waals surface area contributed by atoms with Gasteiger partial charge >= 0.3 is 0 Å². The van der Waals surface area contributed by atoms with Gasteiger partial charge in [0, 0.05) is 29.3 Å². The maximum atomic E-state index is 14.2. The minimum Gasteiger partial charge on any atom is -0.359 e. The van der Waals surface area contributed by atoms with Crippen molar-refractivity contribution in [3.8, 4) is 0 Å². The molecule has 3 heterocycles. The van der Waals surface area contributed by atoms with Crippen LogP contribution in [0, 0.1) is 11.8 Å². The van der Waals surface area contributed by atoms with Crippen LogP contribution in [0.3, 0.4) is 0 Å². The van der Waals surface area contributed by atoms with Crippen LogP contribution < -0.4 is 10.6 Å². The molecule has 2 bridgehead atoms. The first-order chi connectivity index (χ1) is 20.4. The van der Waals surface area contributed by atoms with Crippen LogP contribution in [-0.2, 0) is 25.7 Å². The smallest absolute Gasteiger partial charge is 0.246 e. The molecule has 3 aliphatic heterocycles. The molecule has 1 spiro atoms. The van der Waals surface area contributed by atoms with Crippen molar-refractivity contribution in [2.45, 2.75) is 68.9 Å². The monoisotopic (exact) mass is 634 g/mol. The van der Waals surface area contributed by atoms with E-state index in [1.165, 1.54) is 12.0 Å². The Kier molecular flexibility index (Phi) is 8.52. The van der Waals surface area contributed by atoms with Crippen LogP contribution in [0.2, 0.25) is 0 Å². The van der Waals surface area contributed by atoms with E-state index in [1.807, 2.05) is 54.6 Å². The van der Waals surface area contributed by atoms with Crippen LogP contribution in [0.15, 0.2) is 71.2 Å². The molecule has 0 radical (unpaired) electrons. The van der Waals surface area contributed by atoms with Crippen molar-refractivity contribution in [2.75, 3.05) is 25.5 Å². The van der Waals surface area contributed by atoms with E-state index in [4.69, 9.17) is 4.74 Å². The van der Waals surface area contributed by atoms with E-state index in [2.05, 4.69) is 50.6 Å². The molecule has 2 aromatic rings. The summed E-state index contributed by atoms with van der Waals surface area (Å²) >= 11 is 3.42. The number of carbonyl (C=O) groups excluding carboxylic acids is 3. The topological polar surface area (TPSA) is 91.0 Å². The molecule has 9 heteroatoms. The van der Waals surface area contributed by atoms with Crippen molar-refractivity contribution in [3.05, 3.63) is 76.8 Å². The zero-order chi connectivity index (χ0) is 29.3. The number of halogens is 1. The Morgan fingerprint density at radius 1 is 1.05 bits per heavy atom. The van der Waals surface area contributed by atoms with Crippen molar-refractivity contribution in [1.82, 2.24) is 15.1 Å². The van der Waals surface area contributed by atoms with Gasteiger partial charge in [0.15, 0.2) is 0 Å². The van der Waals surface area contributed by atoms with Crippen molar-refractivity contribution >= 4 is 39.3 Å². The van der Waals surface area contributed by atoms with E-state index in [0.29, 0.717) is 18.7 Å². The number of nitrogens with zero attached hydrogens (tertiary/aromatic N) is 2. The highest BCUT2D eigenvalue weighted by Crippen LogP contribution is 2.55. The summed E-state index contributed by atoms with van der Waals surface area (Å²) in [5.41, 5.74) is 0.739. The van der Waals surface area contributed by atoms with Crippen LogP contribution in [0.25, 0.3) is 0 Å². The molecule has 42 heavy (non-hydrogen) atoms.